The lowest BCUT2D eigenvalue weighted by Gasteiger charge is -2.11. The van der Waals surface area contributed by atoms with Gasteiger partial charge in [-0.2, -0.15) is 5.10 Å². The summed E-state index contributed by atoms with van der Waals surface area (Å²) < 4.78 is 24.0. The Morgan fingerprint density at radius 3 is 2.69 bits per heavy atom. The minimum absolute atomic E-state index is 0.0859. The smallest absolute Gasteiger partial charge is 0.311 e. The first-order valence-electron chi connectivity index (χ1n) is 7.26. The number of nitro groups is 1. The molecular weight excluding hydrogens is 345 g/mol. The third-order valence-corrected chi connectivity index (χ3v) is 3.19. The molecule has 0 aromatic heterocycles. The van der Waals surface area contributed by atoms with E-state index in [2.05, 4.69) is 10.2 Å². The summed E-state index contributed by atoms with van der Waals surface area (Å²) >= 11 is 0. The van der Waals surface area contributed by atoms with Crippen LogP contribution in [0.15, 0.2) is 46.6 Å². The van der Waals surface area contributed by atoms with E-state index >= 15 is 0 Å². The van der Waals surface area contributed by atoms with Crippen molar-refractivity contribution >= 4 is 17.9 Å². The summed E-state index contributed by atoms with van der Waals surface area (Å²) in [5.74, 6) is -0.521. The number of benzene rings is 2. The van der Waals surface area contributed by atoms with Crippen molar-refractivity contribution in [1.29, 1.82) is 0 Å². The number of halogens is 1. The van der Waals surface area contributed by atoms with E-state index < -0.39 is 10.7 Å². The SMILES string of the molecule is COc1ccc(C=NN=C(N)N)cc1COc1cc(F)ccc1[N+](=O)[O-]. The van der Waals surface area contributed by atoms with Crippen LogP contribution in [0, 0.1) is 15.9 Å². The maximum absolute atomic E-state index is 13.4. The van der Waals surface area contributed by atoms with Crippen LogP contribution in [0.3, 0.4) is 0 Å². The zero-order valence-electron chi connectivity index (χ0n) is 13.8. The molecule has 26 heavy (non-hydrogen) atoms. The third-order valence-electron chi connectivity index (χ3n) is 3.19. The van der Waals surface area contributed by atoms with Gasteiger partial charge in [0.1, 0.15) is 18.2 Å². The standard InChI is InChI=1S/C16H16FN5O4/c1-25-14-5-2-10(8-20-21-16(18)19)6-11(14)9-26-15-7-12(17)3-4-13(15)22(23)24/h2-8H,9H2,1H3,(H4,18,19,21). The number of nitrogens with zero attached hydrogens (tertiary/aromatic N) is 3. The summed E-state index contributed by atoms with van der Waals surface area (Å²) in [7, 11) is 1.47. The summed E-state index contributed by atoms with van der Waals surface area (Å²) in [6.45, 7) is -0.0859. The molecule has 0 aliphatic rings. The van der Waals surface area contributed by atoms with Gasteiger partial charge in [-0.25, -0.2) is 4.39 Å². The Kier molecular flexibility index (Phi) is 6.04. The second-order valence-electron chi connectivity index (χ2n) is 5.00. The molecule has 0 amide bonds. The van der Waals surface area contributed by atoms with Gasteiger partial charge >= 0.3 is 5.69 Å². The molecule has 0 radical (unpaired) electrons. The molecule has 2 rings (SSSR count). The van der Waals surface area contributed by atoms with Gasteiger partial charge in [-0.1, -0.05) is 0 Å². The van der Waals surface area contributed by atoms with Crippen LogP contribution in [0.5, 0.6) is 11.5 Å². The Morgan fingerprint density at radius 2 is 2.04 bits per heavy atom. The molecule has 0 saturated carbocycles. The van der Waals surface area contributed by atoms with E-state index in [1.165, 1.54) is 13.3 Å². The second-order valence-corrected chi connectivity index (χ2v) is 5.00. The van der Waals surface area contributed by atoms with Crippen molar-refractivity contribution in [3.63, 3.8) is 0 Å². The Morgan fingerprint density at radius 1 is 1.27 bits per heavy atom. The minimum atomic E-state index is -0.648. The van der Waals surface area contributed by atoms with E-state index in [4.69, 9.17) is 20.9 Å². The highest BCUT2D eigenvalue weighted by molar-refractivity contribution is 5.82. The van der Waals surface area contributed by atoms with Gasteiger partial charge in [-0.3, -0.25) is 10.1 Å². The molecule has 0 unspecified atom stereocenters. The molecule has 10 heteroatoms. The predicted octanol–water partition coefficient (Wildman–Crippen LogP) is 1.93. The van der Waals surface area contributed by atoms with E-state index in [0.717, 1.165) is 18.2 Å². The fourth-order valence-corrected chi connectivity index (χ4v) is 2.06. The molecule has 0 aliphatic heterocycles. The fourth-order valence-electron chi connectivity index (χ4n) is 2.06. The van der Waals surface area contributed by atoms with Gasteiger partial charge in [0.2, 0.25) is 5.96 Å². The predicted molar refractivity (Wildman–Crippen MR) is 93.8 cm³/mol. The van der Waals surface area contributed by atoms with Crippen LogP contribution in [0.1, 0.15) is 11.1 Å². The molecule has 0 bridgehead atoms. The molecule has 0 fully saturated rings. The van der Waals surface area contributed by atoms with Crippen LogP contribution in [-0.2, 0) is 6.61 Å². The van der Waals surface area contributed by atoms with Crippen LogP contribution >= 0.6 is 0 Å². The number of nitrogens with two attached hydrogens (primary N) is 2. The Hall–Kier alpha value is -3.69. The number of hydrogen-bond donors (Lipinski definition) is 2. The van der Waals surface area contributed by atoms with Crippen molar-refractivity contribution in [3.05, 3.63) is 63.5 Å². The van der Waals surface area contributed by atoms with Gasteiger partial charge in [-0.05, 0) is 29.8 Å². The van der Waals surface area contributed by atoms with Crippen molar-refractivity contribution in [2.45, 2.75) is 6.61 Å². The van der Waals surface area contributed by atoms with Crippen LogP contribution in [-0.4, -0.2) is 24.2 Å². The zero-order chi connectivity index (χ0) is 19.1. The first-order valence-corrected chi connectivity index (χ1v) is 7.26. The molecule has 0 aliphatic carbocycles. The first-order chi connectivity index (χ1) is 12.4. The van der Waals surface area contributed by atoms with E-state index in [0.29, 0.717) is 16.9 Å². The van der Waals surface area contributed by atoms with Crippen molar-refractivity contribution in [3.8, 4) is 11.5 Å². The highest BCUT2D eigenvalue weighted by atomic mass is 19.1. The minimum Gasteiger partial charge on any atom is -0.496 e. The summed E-state index contributed by atoms with van der Waals surface area (Å²) in [5, 5.41) is 18.2. The highest BCUT2D eigenvalue weighted by Crippen LogP contribution is 2.29. The first kappa shape index (κ1) is 18.6. The molecule has 4 N–H and O–H groups in total. The number of guanidine groups is 1. The molecule has 0 atom stereocenters. The van der Waals surface area contributed by atoms with Crippen molar-refractivity contribution in [2.75, 3.05) is 7.11 Å². The van der Waals surface area contributed by atoms with Crippen LogP contribution in [0.2, 0.25) is 0 Å². The quantitative estimate of drug-likeness (QED) is 0.334. The van der Waals surface area contributed by atoms with E-state index in [-0.39, 0.29) is 24.0 Å². The average molecular weight is 361 g/mol. The normalized spacial score (nSPS) is 10.5. The van der Waals surface area contributed by atoms with Crippen molar-refractivity contribution in [2.24, 2.45) is 21.7 Å². The number of methoxy groups -OCH3 is 1. The Labute approximate surface area is 147 Å². The lowest BCUT2D eigenvalue weighted by Crippen LogP contribution is -2.21. The van der Waals surface area contributed by atoms with Gasteiger partial charge in [0.25, 0.3) is 0 Å². The van der Waals surface area contributed by atoms with E-state index in [1.807, 2.05) is 0 Å². The largest absolute Gasteiger partial charge is 0.496 e. The van der Waals surface area contributed by atoms with Gasteiger partial charge in [0.05, 0.1) is 18.2 Å². The summed E-state index contributed by atoms with van der Waals surface area (Å²) in [6.07, 6.45) is 1.41. The van der Waals surface area contributed by atoms with Crippen LogP contribution in [0.4, 0.5) is 10.1 Å². The molecule has 0 saturated heterocycles. The number of rotatable bonds is 7. The van der Waals surface area contributed by atoms with Gasteiger partial charge in [0.15, 0.2) is 5.75 Å². The van der Waals surface area contributed by atoms with Crippen LogP contribution in [0.25, 0.3) is 0 Å². The van der Waals surface area contributed by atoms with E-state index in [1.54, 1.807) is 18.2 Å². The Bertz CT molecular complexity index is 866. The molecular formula is C16H16FN5O4. The molecule has 2 aromatic carbocycles. The fraction of sp³-hybridized carbons (Fsp3) is 0.125. The summed E-state index contributed by atoms with van der Waals surface area (Å²) in [6, 6.07) is 8.03. The third kappa shape index (κ3) is 4.90. The lowest BCUT2D eigenvalue weighted by molar-refractivity contribution is -0.386. The maximum atomic E-state index is 13.4. The highest BCUT2D eigenvalue weighted by Gasteiger charge is 2.16. The van der Waals surface area contributed by atoms with Crippen molar-refractivity contribution in [1.82, 2.24) is 0 Å². The van der Waals surface area contributed by atoms with E-state index in [9.17, 15) is 14.5 Å². The zero-order valence-corrected chi connectivity index (χ0v) is 13.8. The number of ether oxygens (including phenoxy) is 2. The molecule has 9 nitrogen and oxygen atoms in total. The number of hydrogen-bond acceptors (Lipinski definition) is 6. The number of nitro benzene ring substituents is 1. The van der Waals surface area contributed by atoms with Gasteiger partial charge < -0.3 is 20.9 Å². The molecule has 0 heterocycles. The van der Waals surface area contributed by atoms with Crippen molar-refractivity contribution < 1.29 is 18.8 Å². The van der Waals surface area contributed by atoms with Gasteiger partial charge in [-0.15, -0.1) is 5.10 Å². The monoisotopic (exact) mass is 361 g/mol. The topological polar surface area (TPSA) is 138 Å². The lowest BCUT2D eigenvalue weighted by atomic mass is 10.1. The van der Waals surface area contributed by atoms with Crippen LogP contribution < -0.4 is 20.9 Å². The molecule has 2 aromatic rings. The molecule has 136 valence electrons. The second kappa shape index (κ2) is 8.42. The summed E-state index contributed by atoms with van der Waals surface area (Å²) in [4.78, 5) is 10.4. The Balaban J connectivity index is 2.26. The molecule has 0 spiro atoms. The average Bonchev–Trinajstić information content (AvgIpc) is 2.59. The summed E-state index contributed by atoms with van der Waals surface area (Å²) in [5.41, 5.74) is 11.2. The maximum Gasteiger partial charge on any atom is 0.311 e. The van der Waals surface area contributed by atoms with Gasteiger partial charge in [0, 0.05) is 17.7 Å².